The van der Waals surface area contributed by atoms with Crippen LogP contribution in [0.15, 0.2) is 28.6 Å². The number of amidine groups is 1. The summed E-state index contributed by atoms with van der Waals surface area (Å²) in [5, 5.41) is 6.64. The summed E-state index contributed by atoms with van der Waals surface area (Å²) < 4.78 is 65.4. The lowest BCUT2D eigenvalue weighted by Gasteiger charge is -2.34. The Hall–Kier alpha value is -3.26. The number of urea groups is 1. The summed E-state index contributed by atoms with van der Waals surface area (Å²) >= 11 is 0. The summed E-state index contributed by atoms with van der Waals surface area (Å²) in [5.74, 6) is -0.0369. The third-order valence-corrected chi connectivity index (χ3v) is 10.8. The van der Waals surface area contributed by atoms with Crippen LogP contribution in [0.4, 0.5) is 23.7 Å². The van der Waals surface area contributed by atoms with Crippen LogP contribution >= 0.6 is 0 Å². The molecular weight excluding hydrogens is 599 g/mol. The lowest BCUT2D eigenvalue weighted by Crippen LogP contribution is -2.50. The summed E-state index contributed by atoms with van der Waals surface area (Å²) in [6.07, 6.45) is -0.213. The van der Waals surface area contributed by atoms with E-state index in [2.05, 4.69) is 10.6 Å². The van der Waals surface area contributed by atoms with E-state index in [1.165, 1.54) is 10.4 Å². The molecule has 0 bridgehead atoms. The van der Waals surface area contributed by atoms with Gasteiger partial charge in [-0.05, 0) is 101 Å². The molecule has 5 rings (SSSR count). The van der Waals surface area contributed by atoms with Gasteiger partial charge in [-0.1, -0.05) is 6.07 Å². The number of halogens is 3. The number of sulfonamides is 1. The number of anilines is 1. The smallest absolute Gasteiger partial charge is 0.323 e. The quantitative estimate of drug-likeness (QED) is 0.421. The fraction of sp³-hybridized carbons (Fsp3) is 0.600. The number of carbonyl (C=O) groups is 3. The number of rotatable bonds is 7. The number of aliphatic imine (C=N–C) groups is 1. The lowest BCUT2D eigenvalue weighted by atomic mass is 9.79. The number of carbonyl (C=O) groups excluding carboxylic acids is 3. The Bertz CT molecular complexity index is 1500. The third-order valence-electron chi connectivity index (χ3n) is 9.27. The molecule has 1 aromatic rings. The van der Waals surface area contributed by atoms with Crippen LogP contribution < -0.4 is 15.5 Å². The van der Waals surface area contributed by atoms with E-state index in [1.54, 1.807) is 39.0 Å². The first-order valence-corrected chi connectivity index (χ1v) is 16.4. The third kappa shape index (κ3) is 6.56. The second-order valence-electron chi connectivity index (χ2n) is 12.8. The van der Waals surface area contributed by atoms with Gasteiger partial charge in [0.2, 0.25) is 10.0 Å². The molecule has 3 heterocycles. The lowest BCUT2D eigenvalue weighted by molar-refractivity contribution is -0.138. The van der Waals surface area contributed by atoms with Crippen LogP contribution in [0.5, 0.6) is 0 Å². The van der Waals surface area contributed by atoms with E-state index in [-0.39, 0.29) is 56.0 Å². The van der Waals surface area contributed by atoms with Gasteiger partial charge in [-0.15, -0.1) is 0 Å². The summed E-state index contributed by atoms with van der Waals surface area (Å²) in [7, 11) is -3.81. The standard InChI is InChI=1S/C30H38F3N5O5S/c1-19-18-23(38-26(40)28(2,3)36-27(38)41)9-8-21(19)11-17-44(42,43)37-15-13-29(14-16-37)25(39)34-24(35-29)22-6-4-20(5-7-22)10-12-30(31,32)33/h8-9,11,17-18,20,22H,4-7,10,12-16H2,1-3H3,(H,36,41)(H,34,35,39). The van der Waals surface area contributed by atoms with Crippen molar-refractivity contribution >= 4 is 45.5 Å². The number of benzene rings is 1. The molecule has 2 N–H and O–H groups in total. The molecule has 1 saturated carbocycles. The molecule has 3 fully saturated rings. The molecule has 1 aromatic carbocycles. The summed E-state index contributed by atoms with van der Waals surface area (Å²) in [6, 6.07) is 4.37. The minimum Gasteiger partial charge on any atom is -0.323 e. The minimum atomic E-state index is -4.15. The first-order chi connectivity index (χ1) is 20.5. The number of hydrogen-bond acceptors (Lipinski definition) is 6. The fourth-order valence-corrected chi connectivity index (χ4v) is 7.67. The molecule has 4 aliphatic rings. The van der Waals surface area contributed by atoms with Crippen molar-refractivity contribution < 1.29 is 36.0 Å². The van der Waals surface area contributed by atoms with Crippen LogP contribution in [0.1, 0.15) is 76.3 Å². The van der Waals surface area contributed by atoms with Gasteiger partial charge in [0.1, 0.15) is 16.9 Å². The molecule has 1 aliphatic carbocycles. The van der Waals surface area contributed by atoms with Crippen molar-refractivity contribution in [3.63, 3.8) is 0 Å². The van der Waals surface area contributed by atoms with E-state index < -0.39 is 39.7 Å². The number of nitrogens with zero attached hydrogens (tertiary/aromatic N) is 3. The van der Waals surface area contributed by atoms with Gasteiger partial charge >= 0.3 is 12.2 Å². The highest BCUT2D eigenvalue weighted by molar-refractivity contribution is 7.92. The Labute approximate surface area is 255 Å². The Morgan fingerprint density at radius 3 is 2.30 bits per heavy atom. The van der Waals surface area contributed by atoms with Crippen molar-refractivity contribution in [2.75, 3.05) is 18.0 Å². The van der Waals surface area contributed by atoms with Crippen molar-refractivity contribution in [3.8, 4) is 0 Å². The van der Waals surface area contributed by atoms with Crippen LogP contribution in [0.25, 0.3) is 6.08 Å². The molecule has 240 valence electrons. The van der Waals surface area contributed by atoms with Gasteiger partial charge in [-0.25, -0.2) is 18.1 Å². The van der Waals surface area contributed by atoms with Crippen molar-refractivity contribution in [1.82, 2.24) is 14.9 Å². The Morgan fingerprint density at radius 2 is 1.73 bits per heavy atom. The van der Waals surface area contributed by atoms with Crippen molar-refractivity contribution in [2.45, 2.75) is 89.4 Å². The largest absolute Gasteiger partial charge is 0.389 e. The van der Waals surface area contributed by atoms with Gasteiger partial charge in [0.05, 0.1) is 5.69 Å². The Morgan fingerprint density at radius 1 is 1.07 bits per heavy atom. The van der Waals surface area contributed by atoms with Gasteiger partial charge in [0, 0.05) is 30.8 Å². The number of amides is 4. The zero-order valence-electron chi connectivity index (χ0n) is 25.0. The molecule has 4 amide bonds. The maximum absolute atomic E-state index is 13.2. The number of nitrogens with one attached hydrogen (secondary N) is 2. The first-order valence-electron chi connectivity index (χ1n) is 14.9. The molecule has 44 heavy (non-hydrogen) atoms. The number of piperidine rings is 1. The van der Waals surface area contributed by atoms with Gasteiger partial charge < -0.3 is 10.6 Å². The van der Waals surface area contributed by atoms with Crippen molar-refractivity contribution in [1.29, 1.82) is 0 Å². The van der Waals surface area contributed by atoms with E-state index >= 15 is 0 Å². The first kappa shape index (κ1) is 32.1. The molecule has 0 radical (unpaired) electrons. The SMILES string of the molecule is Cc1cc(N2C(=O)NC(C)(C)C2=O)ccc1C=CS(=O)(=O)N1CCC2(CC1)N=C(C1CCC(CCC(F)(F)F)CC1)NC2=O. The van der Waals surface area contributed by atoms with Crippen molar-refractivity contribution in [3.05, 3.63) is 34.7 Å². The number of alkyl halides is 3. The molecule has 3 aliphatic heterocycles. The van der Waals surface area contributed by atoms with Crippen LogP contribution in [0.3, 0.4) is 0 Å². The Balaban J connectivity index is 1.18. The predicted molar refractivity (Wildman–Crippen MR) is 159 cm³/mol. The van der Waals surface area contributed by atoms with E-state index in [9.17, 15) is 36.0 Å². The number of imide groups is 1. The van der Waals surface area contributed by atoms with Crippen LogP contribution in [0, 0.1) is 18.8 Å². The monoisotopic (exact) mass is 637 g/mol. The fourth-order valence-electron chi connectivity index (χ4n) is 6.49. The normalized spacial score (nSPS) is 25.9. The molecule has 14 heteroatoms. The Kier molecular flexibility index (Phi) is 8.47. The van der Waals surface area contributed by atoms with Gasteiger partial charge in [-0.2, -0.15) is 17.5 Å². The summed E-state index contributed by atoms with van der Waals surface area (Å²) in [5.41, 5.74) is -0.372. The maximum atomic E-state index is 13.2. The average Bonchev–Trinajstić information content (AvgIpc) is 3.37. The summed E-state index contributed by atoms with van der Waals surface area (Å²) in [4.78, 5) is 43.8. The molecule has 10 nitrogen and oxygen atoms in total. The maximum Gasteiger partial charge on any atom is 0.389 e. The van der Waals surface area contributed by atoms with Crippen LogP contribution in [-0.2, 0) is 19.6 Å². The summed E-state index contributed by atoms with van der Waals surface area (Å²) in [6.45, 7) is 5.22. The molecule has 2 saturated heterocycles. The predicted octanol–water partition coefficient (Wildman–Crippen LogP) is 4.64. The highest BCUT2D eigenvalue weighted by Crippen LogP contribution is 2.38. The zero-order chi connectivity index (χ0) is 32.1. The van der Waals surface area contributed by atoms with Crippen LogP contribution in [0.2, 0.25) is 0 Å². The van der Waals surface area contributed by atoms with Gasteiger partial charge in [0.25, 0.3) is 11.8 Å². The molecule has 1 spiro atoms. The average molecular weight is 638 g/mol. The van der Waals surface area contributed by atoms with E-state index in [4.69, 9.17) is 4.99 Å². The van der Waals surface area contributed by atoms with E-state index in [1.807, 2.05) is 0 Å². The van der Waals surface area contributed by atoms with E-state index in [0.717, 1.165) is 10.3 Å². The molecule has 0 atom stereocenters. The van der Waals surface area contributed by atoms with Crippen LogP contribution in [-0.4, -0.2) is 66.7 Å². The minimum absolute atomic E-state index is 0.00996. The molecular formula is C30H38F3N5O5S. The second kappa shape index (κ2) is 11.6. The van der Waals surface area contributed by atoms with E-state index in [0.29, 0.717) is 48.3 Å². The molecule has 0 unspecified atom stereocenters. The number of aryl methyl sites for hydroxylation is 1. The molecule has 0 aromatic heterocycles. The highest BCUT2D eigenvalue weighted by atomic mass is 32.2. The highest BCUT2D eigenvalue weighted by Gasteiger charge is 2.48. The van der Waals surface area contributed by atoms with Gasteiger partial charge in [-0.3, -0.25) is 14.6 Å². The second-order valence-corrected chi connectivity index (χ2v) is 14.7. The topological polar surface area (TPSA) is 128 Å². The van der Waals surface area contributed by atoms with Crippen molar-refractivity contribution in [2.24, 2.45) is 16.8 Å². The zero-order valence-corrected chi connectivity index (χ0v) is 25.9. The van der Waals surface area contributed by atoms with Gasteiger partial charge in [0.15, 0.2) is 0 Å². The number of hydrogen-bond donors (Lipinski definition) is 2.